The van der Waals surface area contributed by atoms with Crippen LogP contribution in [0.4, 0.5) is 4.39 Å². The summed E-state index contributed by atoms with van der Waals surface area (Å²) in [6, 6.07) is 4.65. The second-order valence-corrected chi connectivity index (χ2v) is 3.34. The van der Waals surface area contributed by atoms with Crippen molar-refractivity contribution in [3.8, 4) is 0 Å². The molecule has 0 N–H and O–H groups in total. The lowest BCUT2D eigenvalue weighted by molar-refractivity contribution is -0.0465. The molecule has 2 rings (SSSR count). The second-order valence-electron chi connectivity index (χ2n) is 3.34. The first-order valence-electron chi connectivity index (χ1n) is 4.72. The van der Waals surface area contributed by atoms with Crippen LogP contribution in [-0.2, 0) is 9.47 Å². The lowest BCUT2D eigenvalue weighted by atomic mass is 10.1. The van der Waals surface area contributed by atoms with Crippen molar-refractivity contribution in [3.63, 3.8) is 0 Å². The number of carbonyl (C=O) groups is 1. The Morgan fingerprint density at radius 2 is 2.07 bits per heavy atom. The van der Waals surface area contributed by atoms with Crippen molar-refractivity contribution in [2.75, 3.05) is 13.2 Å². The molecular weight excluding hydrogens is 199 g/mol. The molecular formula is C11H11FO3. The van der Waals surface area contributed by atoms with Gasteiger partial charge >= 0.3 is 0 Å². The highest BCUT2D eigenvalue weighted by atomic mass is 19.1. The molecule has 0 amide bonds. The van der Waals surface area contributed by atoms with Crippen LogP contribution >= 0.6 is 0 Å². The first-order chi connectivity index (χ1) is 7.20. The Morgan fingerprint density at radius 1 is 1.40 bits per heavy atom. The molecule has 3 nitrogen and oxygen atoms in total. The maximum atomic E-state index is 13.8. The molecule has 1 fully saturated rings. The molecule has 0 saturated carbocycles. The Labute approximate surface area is 86.8 Å². The van der Waals surface area contributed by atoms with Crippen LogP contribution in [0.5, 0.6) is 0 Å². The van der Waals surface area contributed by atoms with E-state index in [0.717, 1.165) is 0 Å². The summed E-state index contributed by atoms with van der Waals surface area (Å²) in [5.41, 5.74) is 0.367. The zero-order valence-electron chi connectivity index (χ0n) is 8.33. The van der Waals surface area contributed by atoms with E-state index in [1.807, 2.05) is 0 Å². The fraction of sp³-hybridized carbons (Fsp3) is 0.364. The third-order valence-corrected chi connectivity index (χ3v) is 2.28. The molecule has 0 unspecified atom stereocenters. The molecule has 0 spiro atoms. The van der Waals surface area contributed by atoms with Gasteiger partial charge in [0.1, 0.15) is 5.82 Å². The van der Waals surface area contributed by atoms with Gasteiger partial charge in [0.05, 0.1) is 18.8 Å². The van der Waals surface area contributed by atoms with Crippen molar-refractivity contribution >= 4 is 5.78 Å². The third kappa shape index (κ3) is 1.91. The van der Waals surface area contributed by atoms with E-state index in [-0.39, 0.29) is 11.3 Å². The van der Waals surface area contributed by atoms with Crippen molar-refractivity contribution in [3.05, 3.63) is 35.1 Å². The summed E-state index contributed by atoms with van der Waals surface area (Å²) < 4.78 is 24.2. The summed E-state index contributed by atoms with van der Waals surface area (Å²) in [4.78, 5) is 11.1. The van der Waals surface area contributed by atoms with Crippen LogP contribution in [0.25, 0.3) is 0 Å². The molecule has 15 heavy (non-hydrogen) atoms. The SMILES string of the molecule is CC(=O)c1cccc(C2OCCO2)c1F. The van der Waals surface area contributed by atoms with Crippen LogP contribution in [0.1, 0.15) is 29.1 Å². The largest absolute Gasteiger partial charge is 0.346 e. The molecule has 4 heteroatoms. The smallest absolute Gasteiger partial charge is 0.186 e. The molecule has 0 aliphatic carbocycles. The number of rotatable bonds is 2. The molecule has 1 aromatic rings. The number of hydrogen-bond acceptors (Lipinski definition) is 3. The first-order valence-corrected chi connectivity index (χ1v) is 4.72. The fourth-order valence-corrected chi connectivity index (χ4v) is 1.54. The van der Waals surface area contributed by atoms with Gasteiger partial charge in [-0.25, -0.2) is 4.39 Å². The van der Waals surface area contributed by atoms with Crippen LogP contribution < -0.4 is 0 Å². The van der Waals surface area contributed by atoms with Gasteiger partial charge in [-0.1, -0.05) is 12.1 Å². The Morgan fingerprint density at radius 3 is 2.67 bits per heavy atom. The summed E-state index contributed by atoms with van der Waals surface area (Å²) in [7, 11) is 0. The number of hydrogen-bond donors (Lipinski definition) is 0. The van der Waals surface area contributed by atoms with Gasteiger partial charge in [-0.15, -0.1) is 0 Å². The average molecular weight is 210 g/mol. The fourth-order valence-electron chi connectivity index (χ4n) is 1.54. The minimum Gasteiger partial charge on any atom is -0.346 e. The van der Waals surface area contributed by atoms with E-state index in [2.05, 4.69) is 0 Å². The van der Waals surface area contributed by atoms with Crippen molar-refractivity contribution in [1.29, 1.82) is 0 Å². The van der Waals surface area contributed by atoms with E-state index in [0.29, 0.717) is 18.8 Å². The third-order valence-electron chi connectivity index (χ3n) is 2.28. The van der Waals surface area contributed by atoms with Gasteiger partial charge in [-0.2, -0.15) is 0 Å². The minimum atomic E-state index is -0.677. The predicted molar refractivity (Wildman–Crippen MR) is 51.0 cm³/mol. The zero-order chi connectivity index (χ0) is 10.8. The van der Waals surface area contributed by atoms with Crippen molar-refractivity contribution < 1.29 is 18.7 Å². The number of benzene rings is 1. The molecule has 1 heterocycles. The number of ketones is 1. The summed E-state index contributed by atoms with van der Waals surface area (Å²) >= 11 is 0. The van der Waals surface area contributed by atoms with E-state index in [4.69, 9.17) is 9.47 Å². The van der Waals surface area contributed by atoms with E-state index < -0.39 is 12.1 Å². The Hall–Kier alpha value is -1.26. The van der Waals surface area contributed by atoms with Crippen LogP contribution in [0, 0.1) is 5.82 Å². The summed E-state index contributed by atoms with van der Waals surface area (Å²) in [5.74, 6) is -0.843. The van der Waals surface area contributed by atoms with E-state index in [1.54, 1.807) is 12.1 Å². The van der Waals surface area contributed by atoms with E-state index in [9.17, 15) is 9.18 Å². The highest BCUT2D eigenvalue weighted by molar-refractivity contribution is 5.94. The lowest BCUT2D eigenvalue weighted by Gasteiger charge is -2.11. The minimum absolute atomic E-state index is 0.0756. The van der Waals surface area contributed by atoms with Crippen molar-refractivity contribution in [1.82, 2.24) is 0 Å². The van der Waals surface area contributed by atoms with E-state index in [1.165, 1.54) is 13.0 Å². The van der Waals surface area contributed by atoms with Crippen molar-refractivity contribution in [2.45, 2.75) is 13.2 Å². The Kier molecular flexibility index (Phi) is 2.79. The maximum absolute atomic E-state index is 13.8. The number of carbonyl (C=O) groups excluding carboxylic acids is 1. The quantitative estimate of drug-likeness (QED) is 0.701. The zero-order valence-corrected chi connectivity index (χ0v) is 8.33. The topological polar surface area (TPSA) is 35.5 Å². The van der Waals surface area contributed by atoms with Crippen LogP contribution in [-0.4, -0.2) is 19.0 Å². The summed E-state index contributed by atoms with van der Waals surface area (Å²) in [6.07, 6.45) is -0.677. The average Bonchev–Trinajstić information content (AvgIpc) is 2.70. The Bertz CT molecular complexity index is 383. The van der Waals surface area contributed by atoms with Gasteiger partial charge in [0, 0.05) is 5.56 Å². The number of Topliss-reactive ketones (excluding diaryl/α,β-unsaturated/α-hetero) is 1. The summed E-state index contributed by atoms with van der Waals surface area (Å²) in [5, 5.41) is 0. The molecule has 1 aliphatic rings. The van der Waals surface area contributed by atoms with E-state index >= 15 is 0 Å². The lowest BCUT2D eigenvalue weighted by Crippen LogP contribution is -2.06. The van der Waals surface area contributed by atoms with Crippen LogP contribution in [0.15, 0.2) is 18.2 Å². The molecule has 0 atom stereocenters. The molecule has 0 aromatic heterocycles. The van der Waals surface area contributed by atoms with Gasteiger partial charge in [-0.05, 0) is 13.0 Å². The first kappa shape index (κ1) is 10.3. The standard InChI is InChI=1S/C11H11FO3/c1-7(13)8-3-2-4-9(10(8)12)11-14-5-6-15-11/h2-4,11H,5-6H2,1H3. The molecule has 0 radical (unpaired) electrons. The number of halogens is 1. The molecule has 1 aromatic carbocycles. The van der Waals surface area contributed by atoms with Crippen LogP contribution in [0.2, 0.25) is 0 Å². The Balaban J connectivity index is 2.39. The molecule has 1 aliphatic heterocycles. The predicted octanol–water partition coefficient (Wildman–Crippen LogP) is 2.07. The van der Waals surface area contributed by atoms with Gasteiger partial charge in [0.25, 0.3) is 0 Å². The molecule has 0 bridgehead atoms. The second kappa shape index (κ2) is 4.08. The van der Waals surface area contributed by atoms with Gasteiger partial charge in [0.2, 0.25) is 0 Å². The highest BCUT2D eigenvalue weighted by Gasteiger charge is 2.23. The molecule has 1 saturated heterocycles. The van der Waals surface area contributed by atoms with Crippen molar-refractivity contribution in [2.24, 2.45) is 0 Å². The summed E-state index contributed by atoms with van der Waals surface area (Å²) in [6.45, 7) is 2.24. The number of ether oxygens (including phenoxy) is 2. The van der Waals surface area contributed by atoms with Crippen LogP contribution in [0.3, 0.4) is 0 Å². The van der Waals surface area contributed by atoms with Gasteiger partial charge in [0.15, 0.2) is 12.1 Å². The highest BCUT2D eigenvalue weighted by Crippen LogP contribution is 2.27. The van der Waals surface area contributed by atoms with Gasteiger partial charge in [-0.3, -0.25) is 4.79 Å². The van der Waals surface area contributed by atoms with Gasteiger partial charge < -0.3 is 9.47 Å². The normalized spacial score (nSPS) is 16.9. The monoisotopic (exact) mass is 210 g/mol. The molecule has 80 valence electrons. The maximum Gasteiger partial charge on any atom is 0.186 e.